The normalized spacial score (nSPS) is 11.1. The van der Waals surface area contributed by atoms with E-state index in [0.717, 1.165) is 62.4 Å². The van der Waals surface area contributed by atoms with E-state index in [0.29, 0.717) is 5.95 Å². The summed E-state index contributed by atoms with van der Waals surface area (Å²) in [4.78, 5) is 11.6. The summed E-state index contributed by atoms with van der Waals surface area (Å²) in [7, 11) is 0. The van der Waals surface area contributed by atoms with Gasteiger partial charge in [-0.2, -0.15) is 0 Å². The van der Waals surface area contributed by atoms with Crippen LogP contribution in [0.2, 0.25) is 0 Å². The maximum Gasteiger partial charge on any atom is 0.223 e. The minimum atomic E-state index is 0.286. The first-order chi connectivity index (χ1) is 15.7. The third-order valence-corrected chi connectivity index (χ3v) is 5.54. The van der Waals surface area contributed by atoms with Gasteiger partial charge in [0.1, 0.15) is 5.75 Å². The van der Waals surface area contributed by atoms with Crippen molar-refractivity contribution in [1.29, 1.82) is 0 Å². The molecule has 0 aliphatic heterocycles. The van der Waals surface area contributed by atoms with Crippen LogP contribution in [0.25, 0.3) is 11.3 Å². The van der Waals surface area contributed by atoms with Gasteiger partial charge in [-0.15, -0.1) is 0 Å². The number of benzene rings is 2. The molecule has 0 amide bonds. The van der Waals surface area contributed by atoms with Gasteiger partial charge >= 0.3 is 0 Å². The molecule has 0 unspecified atom stereocenters. The van der Waals surface area contributed by atoms with E-state index in [4.69, 9.17) is 10.7 Å². The monoisotopic (exact) mass is 433 g/mol. The predicted molar refractivity (Wildman–Crippen MR) is 132 cm³/mol. The number of hydrogen-bond donors (Lipinski definition) is 3. The number of nitrogens with two attached hydrogens (primary N) is 1. The van der Waals surface area contributed by atoms with Gasteiger partial charge in [0.25, 0.3) is 0 Å². The lowest BCUT2D eigenvalue weighted by atomic mass is 10.1. The average Bonchev–Trinajstić information content (AvgIpc) is 2.83. The molecule has 0 fully saturated rings. The zero-order chi connectivity index (χ0) is 22.6. The molecule has 32 heavy (non-hydrogen) atoms. The lowest BCUT2D eigenvalue weighted by Gasteiger charge is -2.20. The molecule has 1 aromatic heterocycles. The van der Waals surface area contributed by atoms with E-state index < -0.39 is 0 Å². The molecule has 0 aliphatic rings. The molecule has 3 rings (SSSR count). The zero-order valence-corrected chi connectivity index (χ0v) is 19.0. The van der Waals surface area contributed by atoms with Gasteiger partial charge in [-0.1, -0.05) is 43.7 Å². The highest BCUT2D eigenvalue weighted by Gasteiger charge is 2.07. The van der Waals surface area contributed by atoms with E-state index >= 15 is 0 Å². The van der Waals surface area contributed by atoms with Crippen LogP contribution in [-0.2, 0) is 13.0 Å². The fourth-order valence-electron chi connectivity index (χ4n) is 3.68. The van der Waals surface area contributed by atoms with E-state index in [1.54, 1.807) is 18.3 Å². The van der Waals surface area contributed by atoms with Gasteiger partial charge in [0.05, 0.1) is 5.69 Å². The number of aromatic nitrogens is 2. The first-order valence-corrected chi connectivity index (χ1v) is 11.5. The van der Waals surface area contributed by atoms with Crippen LogP contribution in [0.5, 0.6) is 5.75 Å². The fourth-order valence-corrected chi connectivity index (χ4v) is 3.68. The van der Waals surface area contributed by atoms with Gasteiger partial charge < -0.3 is 16.2 Å². The molecule has 0 saturated heterocycles. The Morgan fingerprint density at radius 2 is 1.84 bits per heavy atom. The number of nitrogens with one attached hydrogen (secondary N) is 1. The smallest absolute Gasteiger partial charge is 0.223 e. The first-order valence-electron chi connectivity index (χ1n) is 11.5. The maximum atomic E-state index is 9.40. The van der Waals surface area contributed by atoms with Gasteiger partial charge in [-0.3, -0.25) is 4.90 Å². The van der Waals surface area contributed by atoms with E-state index in [2.05, 4.69) is 46.4 Å². The Morgan fingerprint density at radius 1 is 1.00 bits per heavy atom. The molecule has 6 nitrogen and oxygen atoms in total. The number of rotatable bonds is 13. The number of nitrogens with zero attached hydrogens (tertiary/aromatic N) is 3. The Labute approximate surface area is 191 Å². The maximum absolute atomic E-state index is 9.40. The summed E-state index contributed by atoms with van der Waals surface area (Å²) in [6.07, 6.45) is 6.12. The molecule has 2 aromatic carbocycles. The summed E-state index contributed by atoms with van der Waals surface area (Å²) in [5, 5.41) is 12.7. The highest BCUT2D eigenvalue weighted by molar-refractivity contribution is 5.60. The Balaban J connectivity index is 1.58. The summed E-state index contributed by atoms with van der Waals surface area (Å²) < 4.78 is 0. The van der Waals surface area contributed by atoms with E-state index in [9.17, 15) is 5.11 Å². The summed E-state index contributed by atoms with van der Waals surface area (Å²) in [6.45, 7) is 6.80. The predicted octanol–water partition coefficient (Wildman–Crippen LogP) is 4.45. The lowest BCUT2D eigenvalue weighted by Crippen LogP contribution is -2.24. The van der Waals surface area contributed by atoms with Crippen LogP contribution < -0.4 is 11.1 Å². The van der Waals surface area contributed by atoms with Crippen molar-refractivity contribution in [1.82, 2.24) is 14.9 Å². The second kappa shape index (κ2) is 12.8. The highest BCUT2D eigenvalue weighted by Crippen LogP contribution is 2.20. The molecule has 4 N–H and O–H groups in total. The van der Waals surface area contributed by atoms with Gasteiger partial charge in [0.15, 0.2) is 0 Å². The first kappa shape index (κ1) is 23.7. The molecular formula is C26H35N5O. The van der Waals surface area contributed by atoms with Crippen LogP contribution in [-0.4, -0.2) is 46.2 Å². The third-order valence-electron chi connectivity index (χ3n) is 5.54. The van der Waals surface area contributed by atoms with Crippen LogP contribution in [0.1, 0.15) is 37.3 Å². The third kappa shape index (κ3) is 7.62. The van der Waals surface area contributed by atoms with Gasteiger partial charge in [0.2, 0.25) is 5.95 Å². The molecule has 3 aromatic rings. The van der Waals surface area contributed by atoms with E-state index in [1.807, 2.05) is 18.2 Å². The Hall–Kier alpha value is -2.96. The SMILES string of the molecule is CCN(CCCCCN)Cc1cccc(-c2ccnc(NCCc3ccc(O)cc3)n2)c1. The van der Waals surface area contributed by atoms with E-state index in [1.165, 1.54) is 18.4 Å². The number of aromatic hydroxyl groups is 1. The van der Waals surface area contributed by atoms with Crippen molar-refractivity contribution >= 4 is 5.95 Å². The van der Waals surface area contributed by atoms with Gasteiger partial charge in [-0.25, -0.2) is 9.97 Å². The number of anilines is 1. The van der Waals surface area contributed by atoms with Crippen LogP contribution >= 0.6 is 0 Å². The Bertz CT molecular complexity index is 945. The van der Waals surface area contributed by atoms with E-state index in [-0.39, 0.29) is 5.75 Å². The fraction of sp³-hybridized carbons (Fsp3) is 0.385. The van der Waals surface area contributed by atoms with Gasteiger partial charge in [0, 0.05) is 24.8 Å². The molecule has 0 spiro atoms. The second-order valence-corrected chi connectivity index (χ2v) is 8.03. The minimum Gasteiger partial charge on any atom is -0.508 e. The lowest BCUT2D eigenvalue weighted by molar-refractivity contribution is 0.273. The Morgan fingerprint density at radius 3 is 2.62 bits per heavy atom. The largest absolute Gasteiger partial charge is 0.508 e. The number of phenols is 1. The van der Waals surface area contributed by atoms with Crippen LogP contribution in [0.4, 0.5) is 5.95 Å². The van der Waals surface area contributed by atoms with Crippen LogP contribution in [0.15, 0.2) is 60.8 Å². The van der Waals surface area contributed by atoms with Crippen LogP contribution in [0.3, 0.4) is 0 Å². The molecule has 0 aliphatic carbocycles. The van der Waals surface area contributed by atoms with Crippen molar-refractivity contribution in [2.75, 3.05) is 31.5 Å². The van der Waals surface area contributed by atoms with Crippen molar-refractivity contribution in [3.8, 4) is 17.0 Å². The average molecular weight is 434 g/mol. The van der Waals surface area contributed by atoms with Crippen molar-refractivity contribution in [2.24, 2.45) is 5.73 Å². The summed E-state index contributed by atoms with van der Waals surface area (Å²) in [5.74, 6) is 0.912. The summed E-state index contributed by atoms with van der Waals surface area (Å²) in [6, 6.07) is 17.8. The summed E-state index contributed by atoms with van der Waals surface area (Å²) in [5.41, 5.74) is 10.1. The van der Waals surface area contributed by atoms with Crippen molar-refractivity contribution < 1.29 is 5.11 Å². The van der Waals surface area contributed by atoms with Crippen molar-refractivity contribution in [3.63, 3.8) is 0 Å². The van der Waals surface area contributed by atoms with Crippen LogP contribution in [0, 0.1) is 0 Å². The number of unbranched alkanes of at least 4 members (excludes halogenated alkanes) is 2. The zero-order valence-electron chi connectivity index (χ0n) is 19.0. The molecule has 170 valence electrons. The standard InChI is InChI=1S/C26H35N5O/c1-2-31(18-5-3-4-15-27)20-22-7-6-8-23(19-22)25-14-17-29-26(30-25)28-16-13-21-9-11-24(32)12-10-21/h6-12,14,17,19,32H,2-5,13,15-16,18,20,27H2,1H3,(H,28,29,30). The quantitative estimate of drug-likeness (QED) is 0.345. The molecule has 0 bridgehead atoms. The van der Waals surface area contributed by atoms with Crippen molar-refractivity contribution in [2.45, 2.75) is 39.2 Å². The van der Waals surface area contributed by atoms with Gasteiger partial charge in [-0.05, 0) is 74.3 Å². The topological polar surface area (TPSA) is 87.3 Å². The molecule has 0 saturated carbocycles. The molecule has 1 heterocycles. The second-order valence-electron chi connectivity index (χ2n) is 8.03. The molecule has 6 heteroatoms. The highest BCUT2D eigenvalue weighted by atomic mass is 16.3. The number of phenolic OH excluding ortho intramolecular Hbond substituents is 1. The molecule has 0 radical (unpaired) electrons. The van der Waals surface area contributed by atoms with Crippen molar-refractivity contribution in [3.05, 3.63) is 71.9 Å². The Kier molecular flexibility index (Phi) is 9.47. The summed E-state index contributed by atoms with van der Waals surface area (Å²) >= 11 is 0. The molecular weight excluding hydrogens is 398 g/mol. The number of hydrogen-bond acceptors (Lipinski definition) is 6. The molecule has 0 atom stereocenters. The minimum absolute atomic E-state index is 0.286.